The maximum absolute atomic E-state index is 13.1. The van der Waals surface area contributed by atoms with Crippen LogP contribution in [0.15, 0.2) is 42.5 Å². The second-order valence-corrected chi connectivity index (χ2v) is 5.49. The van der Waals surface area contributed by atoms with Crippen molar-refractivity contribution in [1.29, 1.82) is 0 Å². The van der Waals surface area contributed by atoms with Gasteiger partial charge in [0.05, 0.1) is 18.7 Å². The van der Waals surface area contributed by atoms with Crippen LogP contribution in [0.25, 0.3) is 0 Å². The lowest BCUT2D eigenvalue weighted by atomic mass is 10.1. The Morgan fingerprint density at radius 2 is 2.12 bits per heavy atom. The van der Waals surface area contributed by atoms with E-state index in [0.717, 1.165) is 5.56 Å². The van der Waals surface area contributed by atoms with Gasteiger partial charge in [-0.15, -0.1) is 0 Å². The predicted octanol–water partition coefficient (Wildman–Crippen LogP) is 2.52. The second kappa shape index (κ2) is 7.12. The Balaban J connectivity index is 1.59. The van der Waals surface area contributed by atoms with Crippen LogP contribution in [0, 0.1) is 5.82 Å². The van der Waals surface area contributed by atoms with Crippen LogP contribution >= 0.6 is 0 Å². The highest BCUT2D eigenvalue weighted by atomic mass is 19.1. The van der Waals surface area contributed by atoms with Crippen molar-refractivity contribution in [3.8, 4) is 5.75 Å². The molecule has 0 radical (unpaired) electrons. The third-order valence-electron chi connectivity index (χ3n) is 3.69. The molecule has 0 unspecified atom stereocenters. The summed E-state index contributed by atoms with van der Waals surface area (Å²) in [6.07, 6.45) is 0.915. The largest absolute Gasteiger partial charge is 0.491 e. The number of anilines is 1. The summed E-state index contributed by atoms with van der Waals surface area (Å²) in [7, 11) is 0. The van der Waals surface area contributed by atoms with E-state index in [1.54, 1.807) is 6.07 Å². The number of hydrogen-bond donors (Lipinski definition) is 2. The van der Waals surface area contributed by atoms with E-state index < -0.39 is 5.82 Å². The van der Waals surface area contributed by atoms with Crippen molar-refractivity contribution in [2.75, 3.05) is 18.5 Å². The maximum Gasteiger partial charge on any atom is 0.251 e. The molecule has 0 atom stereocenters. The third kappa shape index (κ3) is 3.90. The molecule has 0 spiro atoms. The van der Waals surface area contributed by atoms with Gasteiger partial charge in [-0.1, -0.05) is 12.1 Å². The molecule has 1 aliphatic heterocycles. The molecule has 2 aromatic carbocycles. The van der Waals surface area contributed by atoms with Gasteiger partial charge in [-0.2, -0.15) is 0 Å². The number of carbonyl (C=O) groups is 2. The van der Waals surface area contributed by atoms with Crippen LogP contribution in [0.5, 0.6) is 5.75 Å². The van der Waals surface area contributed by atoms with Crippen LogP contribution in [0.2, 0.25) is 0 Å². The fraction of sp³-hybridized carbons (Fsp3) is 0.222. The molecule has 3 rings (SSSR count). The fourth-order valence-electron chi connectivity index (χ4n) is 2.47. The number of benzene rings is 2. The highest BCUT2D eigenvalue weighted by Crippen LogP contribution is 2.28. The first-order valence-electron chi connectivity index (χ1n) is 7.71. The van der Waals surface area contributed by atoms with E-state index in [-0.39, 0.29) is 17.4 Å². The Morgan fingerprint density at radius 1 is 1.25 bits per heavy atom. The molecule has 0 saturated heterocycles. The topological polar surface area (TPSA) is 67.4 Å². The number of amides is 2. The Kier molecular flexibility index (Phi) is 4.74. The molecule has 0 aliphatic carbocycles. The predicted molar refractivity (Wildman–Crippen MR) is 87.6 cm³/mol. The maximum atomic E-state index is 13.1. The number of nitrogens with one attached hydrogen (secondary N) is 2. The zero-order chi connectivity index (χ0) is 16.9. The zero-order valence-corrected chi connectivity index (χ0v) is 13.0. The number of fused-ring (bicyclic) bond motifs is 1. The SMILES string of the molecule is O=C1CCOc2ccc(CCNC(=O)c3cccc(F)c3)cc2N1. The monoisotopic (exact) mass is 328 g/mol. The molecule has 6 heteroatoms. The van der Waals surface area contributed by atoms with Gasteiger partial charge in [0.25, 0.3) is 5.91 Å². The van der Waals surface area contributed by atoms with Gasteiger partial charge in [0.1, 0.15) is 11.6 Å². The van der Waals surface area contributed by atoms with Crippen molar-refractivity contribution in [1.82, 2.24) is 5.32 Å². The van der Waals surface area contributed by atoms with Crippen LogP contribution in [-0.2, 0) is 11.2 Å². The molecule has 1 aliphatic rings. The summed E-state index contributed by atoms with van der Waals surface area (Å²) < 4.78 is 18.6. The number of halogens is 1. The van der Waals surface area contributed by atoms with Crippen molar-refractivity contribution in [2.45, 2.75) is 12.8 Å². The molecule has 1 heterocycles. The Bertz CT molecular complexity index is 777. The molecule has 0 aromatic heterocycles. The minimum absolute atomic E-state index is 0.0784. The molecule has 0 fully saturated rings. The van der Waals surface area contributed by atoms with E-state index in [1.165, 1.54) is 18.2 Å². The first-order chi connectivity index (χ1) is 11.6. The molecule has 2 N–H and O–H groups in total. The molecule has 2 amide bonds. The van der Waals surface area contributed by atoms with Crippen LogP contribution < -0.4 is 15.4 Å². The van der Waals surface area contributed by atoms with Crippen molar-refractivity contribution < 1.29 is 18.7 Å². The summed E-state index contributed by atoms with van der Waals surface area (Å²) in [6, 6.07) is 11.1. The van der Waals surface area contributed by atoms with Gasteiger partial charge >= 0.3 is 0 Å². The van der Waals surface area contributed by atoms with Crippen molar-refractivity contribution in [2.24, 2.45) is 0 Å². The molecular weight excluding hydrogens is 311 g/mol. The quantitative estimate of drug-likeness (QED) is 0.906. The molecule has 0 saturated carbocycles. The van der Waals surface area contributed by atoms with Crippen molar-refractivity contribution in [3.05, 3.63) is 59.4 Å². The highest BCUT2D eigenvalue weighted by Gasteiger charge is 2.14. The third-order valence-corrected chi connectivity index (χ3v) is 3.69. The van der Waals surface area contributed by atoms with Crippen LogP contribution in [-0.4, -0.2) is 25.0 Å². The lowest BCUT2D eigenvalue weighted by Gasteiger charge is -2.10. The Morgan fingerprint density at radius 3 is 2.96 bits per heavy atom. The first kappa shape index (κ1) is 16.0. The van der Waals surface area contributed by atoms with Crippen LogP contribution in [0.1, 0.15) is 22.3 Å². The molecule has 5 nitrogen and oxygen atoms in total. The number of carbonyl (C=O) groups excluding carboxylic acids is 2. The summed E-state index contributed by atoms with van der Waals surface area (Å²) in [5.74, 6) is -0.191. The smallest absolute Gasteiger partial charge is 0.251 e. The number of rotatable bonds is 4. The number of ether oxygens (including phenoxy) is 1. The molecule has 2 aromatic rings. The average molecular weight is 328 g/mol. The van der Waals surface area contributed by atoms with Crippen LogP contribution in [0.3, 0.4) is 0 Å². The van der Waals surface area contributed by atoms with Gasteiger partial charge in [0.2, 0.25) is 5.91 Å². The van der Waals surface area contributed by atoms with E-state index in [2.05, 4.69) is 10.6 Å². The Hall–Kier alpha value is -2.89. The van der Waals surface area contributed by atoms with Crippen LogP contribution in [0.4, 0.5) is 10.1 Å². The number of hydrogen-bond acceptors (Lipinski definition) is 3. The van der Waals surface area contributed by atoms with Gasteiger partial charge in [-0.05, 0) is 42.3 Å². The van der Waals surface area contributed by atoms with Gasteiger partial charge in [-0.25, -0.2) is 4.39 Å². The summed E-state index contributed by atoms with van der Waals surface area (Å²) >= 11 is 0. The van der Waals surface area contributed by atoms with E-state index in [0.29, 0.717) is 37.4 Å². The summed E-state index contributed by atoms with van der Waals surface area (Å²) in [6.45, 7) is 0.769. The molecular formula is C18H17FN2O3. The first-order valence-corrected chi connectivity index (χ1v) is 7.71. The lowest BCUT2D eigenvalue weighted by Crippen LogP contribution is -2.25. The minimum atomic E-state index is -0.441. The van der Waals surface area contributed by atoms with Crippen molar-refractivity contribution >= 4 is 17.5 Å². The normalized spacial score (nSPS) is 13.3. The minimum Gasteiger partial charge on any atom is -0.491 e. The lowest BCUT2D eigenvalue weighted by molar-refractivity contribution is -0.116. The van der Waals surface area contributed by atoms with E-state index in [1.807, 2.05) is 18.2 Å². The van der Waals surface area contributed by atoms with Gasteiger partial charge in [0, 0.05) is 12.1 Å². The van der Waals surface area contributed by atoms with Gasteiger partial charge in [0.15, 0.2) is 0 Å². The van der Waals surface area contributed by atoms with E-state index >= 15 is 0 Å². The van der Waals surface area contributed by atoms with Gasteiger partial charge < -0.3 is 15.4 Å². The average Bonchev–Trinajstić information content (AvgIpc) is 2.75. The highest BCUT2D eigenvalue weighted by molar-refractivity contribution is 5.94. The van der Waals surface area contributed by atoms with E-state index in [4.69, 9.17) is 4.74 Å². The second-order valence-electron chi connectivity index (χ2n) is 5.49. The molecule has 124 valence electrons. The molecule has 0 bridgehead atoms. The van der Waals surface area contributed by atoms with E-state index in [9.17, 15) is 14.0 Å². The van der Waals surface area contributed by atoms with Gasteiger partial charge in [-0.3, -0.25) is 9.59 Å². The molecule has 24 heavy (non-hydrogen) atoms. The standard InChI is InChI=1S/C18H17FN2O3/c19-14-3-1-2-13(11-14)18(23)20-8-6-12-4-5-16-15(10-12)21-17(22)7-9-24-16/h1-5,10-11H,6-9H2,(H,20,23)(H,21,22). The summed E-state index contributed by atoms with van der Waals surface area (Å²) in [5, 5.41) is 5.55. The summed E-state index contributed by atoms with van der Waals surface area (Å²) in [4.78, 5) is 23.5. The Labute approximate surface area is 138 Å². The fourth-order valence-corrected chi connectivity index (χ4v) is 2.47. The zero-order valence-electron chi connectivity index (χ0n) is 13.0. The van der Waals surface area contributed by atoms with Crippen molar-refractivity contribution in [3.63, 3.8) is 0 Å². The summed E-state index contributed by atoms with van der Waals surface area (Å²) in [5.41, 5.74) is 1.89.